The summed E-state index contributed by atoms with van der Waals surface area (Å²) in [5, 5.41) is 11.6. The van der Waals surface area contributed by atoms with Crippen LogP contribution < -0.4 is 10.1 Å². The molecule has 108 valence electrons. The van der Waals surface area contributed by atoms with Gasteiger partial charge in [-0.25, -0.2) is 8.78 Å². The highest BCUT2D eigenvalue weighted by Crippen LogP contribution is 2.15. The van der Waals surface area contributed by atoms with E-state index in [4.69, 9.17) is 10.00 Å². The number of halogens is 2. The summed E-state index contributed by atoms with van der Waals surface area (Å²) in [6, 6.07) is 11.2. The second kappa shape index (κ2) is 6.82. The molecule has 0 heterocycles. The molecule has 21 heavy (non-hydrogen) atoms. The van der Waals surface area contributed by atoms with E-state index < -0.39 is 11.6 Å². The van der Waals surface area contributed by atoms with Gasteiger partial charge in [0.05, 0.1) is 18.7 Å². The number of hydrogen-bond donors (Lipinski definition) is 1. The lowest BCUT2D eigenvalue weighted by atomic mass is 10.1. The van der Waals surface area contributed by atoms with Crippen molar-refractivity contribution in [1.82, 2.24) is 5.32 Å². The molecule has 0 spiro atoms. The Morgan fingerprint density at radius 1 is 1.10 bits per heavy atom. The van der Waals surface area contributed by atoms with Gasteiger partial charge >= 0.3 is 0 Å². The van der Waals surface area contributed by atoms with Crippen molar-refractivity contribution in [3.05, 3.63) is 64.7 Å². The lowest BCUT2D eigenvalue weighted by molar-refractivity contribution is 0.414. The van der Waals surface area contributed by atoms with Gasteiger partial charge in [-0.2, -0.15) is 5.26 Å². The zero-order valence-electron chi connectivity index (χ0n) is 11.5. The number of methoxy groups -OCH3 is 1. The molecule has 0 aromatic heterocycles. The maximum Gasteiger partial charge on any atom is 0.131 e. The molecule has 0 radical (unpaired) electrons. The van der Waals surface area contributed by atoms with E-state index in [9.17, 15) is 8.78 Å². The number of benzene rings is 2. The SMILES string of the molecule is COc1ccc(CNCc2c(F)cc(C#N)cc2F)cc1. The standard InChI is InChI=1S/C16H14F2N2O/c1-21-13-4-2-11(3-5-13)9-20-10-14-15(17)6-12(8-19)7-16(14)18/h2-7,20H,9-10H2,1H3. The Morgan fingerprint density at radius 3 is 2.24 bits per heavy atom. The summed E-state index contributed by atoms with van der Waals surface area (Å²) in [4.78, 5) is 0. The molecular weight excluding hydrogens is 274 g/mol. The molecule has 0 atom stereocenters. The summed E-state index contributed by atoms with van der Waals surface area (Å²) in [6.45, 7) is 0.526. The Balaban J connectivity index is 1.98. The van der Waals surface area contributed by atoms with Crippen molar-refractivity contribution >= 4 is 0 Å². The van der Waals surface area contributed by atoms with Gasteiger partial charge in [0.25, 0.3) is 0 Å². The summed E-state index contributed by atoms with van der Waals surface area (Å²) in [6.07, 6.45) is 0. The van der Waals surface area contributed by atoms with Gasteiger partial charge in [0, 0.05) is 18.7 Å². The molecule has 0 fully saturated rings. The molecule has 0 bridgehead atoms. The predicted octanol–water partition coefficient (Wildman–Crippen LogP) is 3.13. The second-order valence-corrected chi connectivity index (χ2v) is 4.48. The smallest absolute Gasteiger partial charge is 0.131 e. The number of nitrogens with zero attached hydrogens (tertiary/aromatic N) is 1. The first kappa shape index (κ1) is 14.9. The van der Waals surface area contributed by atoms with Gasteiger partial charge in [-0.05, 0) is 29.8 Å². The van der Waals surface area contributed by atoms with Crippen molar-refractivity contribution in [2.75, 3.05) is 7.11 Å². The zero-order valence-corrected chi connectivity index (χ0v) is 11.5. The lowest BCUT2D eigenvalue weighted by Gasteiger charge is -2.08. The fraction of sp³-hybridized carbons (Fsp3) is 0.188. The maximum atomic E-state index is 13.7. The predicted molar refractivity (Wildman–Crippen MR) is 74.6 cm³/mol. The molecule has 2 aromatic carbocycles. The van der Waals surface area contributed by atoms with Crippen LogP contribution in [0.3, 0.4) is 0 Å². The van der Waals surface area contributed by atoms with Crippen molar-refractivity contribution in [1.29, 1.82) is 5.26 Å². The monoisotopic (exact) mass is 288 g/mol. The third-order valence-electron chi connectivity index (χ3n) is 3.06. The Kier molecular flexibility index (Phi) is 4.85. The lowest BCUT2D eigenvalue weighted by Crippen LogP contribution is -2.15. The molecule has 0 saturated heterocycles. The fourth-order valence-corrected chi connectivity index (χ4v) is 1.91. The first-order valence-corrected chi connectivity index (χ1v) is 6.35. The number of nitrogens with one attached hydrogen (secondary N) is 1. The minimum Gasteiger partial charge on any atom is -0.497 e. The molecule has 0 saturated carbocycles. The number of ether oxygens (including phenoxy) is 1. The summed E-state index contributed by atoms with van der Waals surface area (Å²) in [5.74, 6) is -0.675. The van der Waals surface area contributed by atoms with Crippen LogP contribution in [0.5, 0.6) is 5.75 Å². The van der Waals surface area contributed by atoms with Gasteiger partial charge in [0.15, 0.2) is 0 Å². The van der Waals surface area contributed by atoms with Crippen molar-refractivity contribution in [2.45, 2.75) is 13.1 Å². The molecule has 5 heteroatoms. The minimum atomic E-state index is -0.714. The molecular formula is C16H14F2N2O. The van der Waals surface area contributed by atoms with Crippen LogP contribution >= 0.6 is 0 Å². The summed E-state index contributed by atoms with van der Waals surface area (Å²) >= 11 is 0. The van der Waals surface area contributed by atoms with Gasteiger partial charge in [-0.1, -0.05) is 12.1 Å². The van der Waals surface area contributed by atoms with Gasteiger partial charge in [-0.3, -0.25) is 0 Å². The van der Waals surface area contributed by atoms with Crippen LogP contribution in [-0.4, -0.2) is 7.11 Å². The topological polar surface area (TPSA) is 45.0 Å². The highest BCUT2D eigenvalue weighted by Gasteiger charge is 2.10. The summed E-state index contributed by atoms with van der Waals surface area (Å²) < 4.78 is 32.4. The van der Waals surface area contributed by atoms with Crippen molar-refractivity contribution < 1.29 is 13.5 Å². The quantitative estimate of drug-likeness (QED) is 0.919. The fourth-order valence-electron chi connectivity index (χ4n) is 1.91. The van der Waals surface area contributed by atoms with Crippen LogP contribution in [0, 0.1) is 23.0 Å². The molecule has 0 unspecified atom stereocenters. The molecule has 0 aliphatic heterocycles. The van der Waals surface area contributed by atoms with E-state index in [1.54, 1.807) is 13.2 Å². The van der Waals surface area contributed by atoms with Crippen molar-refractivity contribution in [3.63, 3.8) is 0 Å². The van der Waals surface area contributed by atoms with Crippen LogP contribution in [0.25, 0.3) is 0 Å². The first-order chi connectivity index (χ1) is 10.1. The van der Waals surface area contributed by atoms with Crippen molar-refractivity contribution in [3.8, 4) is 11.8 Å². The average Bonchev–Trinajstić information content (AvgIpc) is 2.50. The van der Waals surface area contributed by atoms with Crippen LogP contribution in [0.15, 0.2) is 36.4 Å². The van der Waals surface area contributed by atoms with E-state index in [0.29, 0.717) is 6.54 Å². The van der Waals surface area contributed by atoms with Crippen molar-refractivity contribution in [2.24, 2.45) is 0 Å². The molecule has 3 nitrogen and oxygen atoms in total. The normalized spacial score (nSPS) is 10.2. The summed E-state index contributed by atoms with van der Waals surface area (Å²) in [5.41, 5.74) is 0.886. The van der Waals surface area contributed by atoms with Gasteiger partial charge in [-0.15, -0.1) is 0 Å². The number of nitriles is 1. The van der Waals surface area contributed by atoms with E-state index in [2.05, 4.69) is 5.32 Å². The highest BCUT2D eigenvalue weighted by molar-refractivity contribution is 5.34. The maximum absolute atomic E-state index is 13.7. The van der Waals surface area contributed by atoms with E-state index in [1.165, 1.54) is 0 Å². The van der Waals surface area contributed by atoms with E-state index in [0.717, 1.165) is 23.4 Å². The molecule has 2 rings (SSSR count). The molecule has 0 aliphatic rings. The average molecular weight is 288 g/mol. The Bertz CT molecular complexity index is 640. The molecule has 1 N–H and O–H groups in total. The highest BCUT2D eigenvalue weighted by atomic mass is 19.1. The van der Waals surface area contributed by atoms with E-state index in [-0.39, 0.29) is 17.7 Å². The third-order valence-corrected chi connectivity index (χ3v) is 3.06. The number of rotatable bonds is 5. The van der Waals surface area contributed by atoms with Gasteiger partial charge in [0.1, 0.15) is 17.4 Å². The van der Waals surface area contributed by atoms with E-state index >= 15 is 0 Å². The zero-order chi connectivity index (χ0) is 15.2. The van der Waals surface area contributed by atoms with Crippen LogP contribution in [-0.2, 0) is 13.1 Å². The molecule has 0 amide bonds. The van der Waals surface area contributed by atoms with Gasteiger partial charge in [0.2, 0.25) is 0 Å². The largest absolute Gasteiger partial charge is 0.497 e. The molecule has 0 aliphatic carbocycles. The summed E-state index contributed by atoms with van der Waals surface area (Å²) in [7, 11) is 1.59. The third kappa shape index (κ3) is 3.77. The second-order valence-electron chi connectivity index (χ2n) is 4.48. The molecule has 2 aromatic rings. The van der Waals surface area contributed by atoms with Crippen LogP contribution in [0.1, 0.15) is 16.7 Å². The Hall–Kier alpha value is -2.45. The Morgan fingerprint density at radius 2 is 1.71 bits per heavy atom. The van der Waals surface area contributed by atoms with Crippen LogP contribution in [0.4, 0.5) is 8.78 Å². The Labute approximate surface area is 121 Å². The number of hydrogen-bond acceptors (Lipinski definition) is 3. The van der Waals surface area contributed by atoms with Crippen LogP contribution in [0.2, 0.25) is 0 Å². The van der Waals surface area contributed by atoms with Gasteiger partial charge < -0.3 is 10.1 Å². The first-order valence-electron chi connectivity index (χ1n) is 6.35. The van der Waals surface area contributed by atoms with E-state index in [1.807, 2.05) is 24.3 Å². The minimum absolute atomic E-state index is 0.0242.